The molecule has 1 rings (SSSR count). The second-order valence-electron chi connectivity index (χ2n) is 4.48. The van der Waals surface area contributed by atoms with Gasteiger partial charge in [0.15, 0.2) is 0 Å². The van der Waals surface area contributed by atoms with E-state index in [9.17, 15) is 9.18 Å². The lowest BCUT2D eigenvalue weighted by atomic mass is 10.1. The minimum Gasteiger partial charge on any atom is -0.369 e. The summed E-state index contributed by atoms with van der Waals surface area (Å²) in [5.41, 5.74) is 7.45. The van der Waals surface area contributed by atoms with Gasteiger partial charge in [0.1, 0.15) is 5.82 Å². The van der Waals surface area contributed by atoms with Crippen molar-refractivity contribution in [1.29, 1.82) is 0 Å². The van der Waals surface area contributed by atoms with Gasteiger partial charge in [-0.2, -0.15) is 0 Å². The number of nitrogens with one attached hydrogen (secondary N) is 1. The number of amides is 1. The fourth-order valence-electron chi connectivity index (χ4n) is 1.67. The molecule has 1 atom stereocenters. The van der Waals surface area contributed by atoms with Gasteiger partial charge < -0.3 is 11.1 Å². The molecule has 0 aliphatic heterocycles. The quantitative estimate of drug-likeness (QED) is 0.819. The van der Waals surface area contributed by atoms with E-state index < -0.39 is 0 Å². The first-order valence-corrected chi connectivity index (χ1v) is 5.67. The number of benzene rings is 1. The molecule has 0 aliphatic rings. The molecule has 0 aromatic heterocycles. The fourth-order valence-corrected chi connectivity index (χ4v) is 1.67. The van der Waals surface area contributed by atoms with E-state index in [1.807, 2.05) is 12.1 Å². The van der Waals surface area contributed by atoms with E-state index in [4.69, 9.17) is 5.73 Å². The number of carbonyl (C=O) groups is 1. The zero-order chi connectivity index (χ0) is 13.0. The molecule has 3 nitrogen and oxygen atoms in total. The Morgan fingerprint density at radius 3 is 2.41 bits per heavy atom. The van der Waals surface area contributed by atoms with Gasteiger partial charge in [-0.3, -0.25) is 4.79 Å². The SMILES string of the molecule is Cc1cc(CNCC(C)C(N)=O)cc(C)c1F. The number of primary amides is 1. The molecular weight excluding hydrogens is 219 g/mol. The van der Waals surface area contributed by atoms with Crippen molar-refractivity contribution in [3.05, 3.63) is 34.6 Å². The highest BCUT2D eigenvalue weighted by Crippen LogP contribution is 2.14. The van der Waals surface area contributed by atoms with Gasteiger partial charge in [-0.25, -0.2) is 4.39 Å². The topological polar surface area (TPSA) is 55.1 Å². The number of aryl methyl sites for hydroxylation is 2. The molecule has 94 valence electrons. The predicted molar refractivity (Wildman–Crippen MR) is 65.9 cm³/mol. The zero-order valence-corrected chi connectivity index (χ0v) is 10.5. The molecule has 0 heterocycles. The summed E-state index contributed by atoms with van der Waals surface area (Å²) in [6.07, 6.45) is 0. The molecule has 0 radical (unpaired) electrons. The first kappa shape index (κ1) is 13.6. The molecule has 1 amide bonds. The number of nitrogens with two attached hydrogens (primary N) is 1. The highest BCUT2D eigenvalue weighted by Gasteiger charge is 2.08. The van der Waals surface area contributed by atoms with Gasteiger partial charge in [-0.15, -0.1) is 0 Å². The van der Waals surface area contributed by atoms with Crippen LogP contribution in [0.2, 0.25) is 0 Å². The third kappa shape index (κ3) is 3.82. The van der Waals surface area contributed by atoms with Crippen LogP contribution in [0.3, 0.4) is 0 Å². The molecule has 0 spiro atoms. The van der Waals surface area contributed by atoms with E-state index >= 15 is 0 Å². The molecule has 17 heavy (non-hydrogen) atoms. The van der Waals surface area contributed by atoms with Crippen molar-refractivity contribution in [2.45, 2.75) is 27.3 Å². The Hall–Kier alpha value is -1.42. The van der Waals surface area contributed by atoms with Crippen molar-refractivity contribution < 1.29 is 9.18 Å². The van der Waals surface area contributed by atoms with Crippen LogP contribution in [0.25, 0.3) is 0 Å². The summed E-state index contributed by atoms with van der Waals surface area (Å²) >= 11 is 0. The predicted octanol–water partition coefficient (Wildman–Crippen LogP) is 1.65. The number of hydrogen-bond donors (Lipinski definition) is 2. The molecule has 1 aromatic carbocycles. The Bertz CT molecular complexity index is 395. The van der Waals surface area contributed by atoms with Gasteiger partial charge in [0.05, 0.1) is 0 Å². The lowest BCUT2D eigenvalue weighted by Crippen LogP contribution is -2.30. The maximum absolute atomic E-state index is 13.4. The number of halogens is 1. The van der Waals surface area contributed by atoms with Crippen LogP contribution in [0.1, 0.15) is 23.6 Å². The summed E-state index contributed by atoms with van der Waals surface area (Å²) in [7, 11) is 0. The Labute approximate surface area is 101 Å². The van der Waals surface area contributed by atoms with Gasteiger partial charge in [0.2, 0.25) is 5.91 Å². The van der Waals surface area contributed by atoms with E-state index in [1.54, 1.807) is 20.8 Å². The molecule has 1 aromatic rings. The van der Waals surface area contributed by atoms with Crippen molar-refractivity contribution in [2.75, 3.05) is 6.54 Å². The van der Waals surface area contributed by atoms with Crippen molar-refractivity contribution in [3.63, 3.8) is 0 Å². The second kappa shape index (κ2) is 5.77. The van der Waals surface area contributed by atoms with E-state index in [0.29, 0.717) is 24.2 Å². The fraction of sp³-hybridized carbons (Fsp3) is 0.462. The molecule has 0 saturated heterocycles. The summed E-state index contributed by atoms with van der Waals surface area (Å²) in [5.74, 6) is -0.666. The summed E-state index contributed by atoms with van der Waals surface area (Å²) in [6, 6.07) is 3.62. The average molecular weight is 238 g/mol. The normalized spacial score (nSPS) is 12.5. The summed E-state index contributed by atoms with van der Waals surface area (Å²) < 4.78 is 13.4. The van der Waals surface area contributed by atoms with E-state index in [1.165, 1.54) is 0 Å². The van der Waals surface area contributed by atoms with Crippen LogP contribution in [-0.4, -0.2) is 12.5 Å². The first-order valence-electron chi connectivity index (χ1n) is 5.67. The van der Waals surface area contributed by atoms with E-state index in [0.717, 1.165) is 5.56 Å². The van der Waals surface area contributed by atoms with Crippen LogP contribution in [0.15, 0.2) is 12.1 Å². The standard InChI is InChI=1S/C13H19FN2O/c1-8-4-11(5-9(2)12(8)14)7-16-6-10(3)13(15)17/h4-5,10,16H,6-7H2,1-3H3,(H2,15,17). The lowest BCUT2D eigenvalue weighted by molar-refractivity contribution is -0.121. The summed E-state index contributed by atoms with van der Waals surface area (Å²) in [5, 5.41) is 3.13. The largest absolute Gasteiger partial charge is 0.369 e. The van der Waals surface area contributed by atoms with Crippen LogP contribution in [-0.2, 0) is 11.3 Å². The Kier molecular flexibility index (Phi) is 4.63. The summed E-state index contributed by atoms with van der Waals surface area (Å²) in [4.78, 5) is 10.8. The van der Waals surface area contributed by atoms with Crippen LogP contribution in [0.4, 0.5) is 4.39 Å². The molecule has 1 unspecified atom stereocenters. The van der Waals surface area contributed by atoms with Crippen molar-refractivity contribution in [2.24, 2.45) is 11.7 Å². The first-order chi connectivity index (χ1) is 7.91. The van der Waals surface area contributed by atoms with Gasteiger partial charge >= 0.3 is 0 Å². The third-order valence-electron chi connectivity index (χ3n) is 2.76. The molecule has 0 aliphatic carbocycles. The lowest BCUT2D eigenvalue weighted by Gasteiger charge is -2.10. The molecule has 0 bridgehead atoms. The Balaban J connectivity index is 2.56. The maximum Gasteiger partial charge on any atom is 0.221 e. The molecular formula is C13H19FN2O. The minimum atomic E-state index is -0.316. The molecule has 0 fully saturated rings. The van der Waals surface area contributed by atoms with Gasteiger partial charge in [-0.05, 0) is 30.5 Å². The van der Waals surface area contributed by atoms with Gasteiger partial charge in [0, 0.05) is 19.0 Å². The highest BCUT2D eigenvalue weighted by molar-refractivity contribution is 5.76. The van der Waals surface area contributed by atoms with Crippen molar-refractivity contribution in [3.8, 4) is 0 Å². The van der Waals surface area contributed by atoms with Crippen LogP contribution >= 0.6 is 0 Å². The smallest absolute Gasteiger partial charge is 0.221 e. The van der Waals surface area contributed by atoms with Crippen LogP contribution < -0.4 is 11.1 Å². The Morgan fingerprint density at radius 1 is 1.41 bits per heavy atom. The number of carbonyl (C=O) groups excluding carboxylic acids is 1. The number of rotatable bonds is 5. The molecule has 0 saturated carbocycles. The zero-order valence-electron chi connectivity index (χ0n) is 10.5. The Morgan fingerprint density at radius 2 is 1.94 bits per heavy atom. The van der Waals surface area contributed by atoms with Crippen molar-refractivity contribution >= 4 is 5.91 Å². The average Bonchev–Trinajstić information content (AvgIpc) is 2.25. The second-order valence-corrected chi connectivity index (χ2v) is 4.48. The van der Waals surface area contributed by atoms with Gasteiger partial charge in [-0.1, -0.05) is 19.1 Å². The molecule has 4 heteroatoms. The third-order valence-corrected chi connectivity index (χ3v) is 2.76. The molecule has 3 N–H and O–H groups in total. The van der Waals surface area contributed by atoms with Gasteiger partial charge in [0.25, 0.3) is 0 Å². The highest BCUT2D eigenvalue weighted by atomic mass is 19.1. The van der Waals surface area contributed by atoms with Crippen LogP contribution in [0.5, 0.6) is 0 Å². The summed E-state index contributed by atoms with van der Waals surface area (Å²) in [6.45, 7) is 6.41. The number of hydrogen-bond acceptors (Lipinski definition) is 2. The maximum atomic E-state index is 13.4. The van der Waals surface area contributed by atoms with Crippen LogP contribution in [0, 0.1) is 25.6 Å². The monoisotopic (exact) mass is 238 g/mol. The minimum absolute atomic E-state index is 0.153. The van der Waals surface area contributed by atoms with E-state index in [-0.39, 0.29) is 17.6 Å². The van der Waals surface area contributed by atoms with Crippen molar-refractivity contribution in [1.82, 2.24) is 5.32 Å². The van der Waals surface area contributed by atoms with E-state index in [2.05, 4.69) is 5.32 Å².